The van der Waals surface area contributed by atoms with Crippen molar-refractivity contribution in [3.05, 3.63) is 64.6 Å². The molecule has 184 valence electrons. The molecule has 0 spiro atoms. The first kappa shape index (κ1) is 23.4. The number of rotatable bonds is 6. The van der Waals surface area contributed by atoms with Crippen molar-refractivity contribution >= 4 is 17.5 Å². The van der Waals surface area contributed by atoms with E-state index in [-0.39, 0.29) is 11.9 Å². The Morgan fingerprint density at radius 2 is 1.91 bits per heavy atom. The first-order valence-electron chi connectivity index (χ1n) is 12.6. The van der Waals surface area contributed by atoms with E-state index in [0.29, 0.717) is 41.7 Å². The first-order chi connectivity index (χ1) is 17.0. The molecule has 1 saturated carbocycles. The minimum absolute atomic E-state index is 0.271. The Labute approximate surface area is 205 Å². The fourth-order valence-electron chi connectivity index (χ4n) is 5.71. The van der Waals surface area contributed by atoms with Gasteiger partial charge in [0.05, 0.1) is 31.4 Å². The van der Waals surface area contributed by atoms with E-state index in [9.17, 15) is 9.59 Å². The number of aryl methyl sites for hydroxylation is 2. The molecule has 1 aromatic carbocycles. The Hall–Kier alpha value is -3.35. The Bertz CT molecular complexity index is 1260. The van der Waals surface area contributed by atoms with Crippen molar-refractivity contribution in [2.45, 2.75) is 58.4 Å². The third-order valence-electron chi connectivity index (χ3n) is 7.60. The van der Waals surface area contributed by atoms with Crippen LogP contribution in [0.2, 0.25) is 0 Å². The van der Waals surface area contributed by atoms with Gasteiger partial charge in [0.15, 0.2) is 11.4 Å². The number of hydrogen-bond donors (Lipinski definition) is 1. The van der Waals surface area contributed by atoms with E-state index in [1.807, 2.05) is 50.4 Å². The summed E-state index contributed by atoms with van der Waals surface area (Å²) in [6, 6.07) is 9.31. The van der Waals surface area contributed by atoms with Gasteiger partial charge in [-0.05, 0) is 67.9 Å². The van der Waals surface area contributed by atoms with Crippen molar-refractivity contribution < 1.29 is 19.1 Å². The van der Waals surface area contributed by atoms with Crippen molar-refractivity contribution in [2.24, 2.45) is 11.8 Å². The zero-order valence-corrected chi connectivity index (χ0v) is 20.7. The van der Waals surface area contributed by atoms with Gasteiger partial charge in [0.25, 0.3) is 5.91 Å². The number of carbonyl (C=O) groups excluding carboxylic acids is 2. The molecule has 7 heteroatoms. The zero-order valence-electron chi connectivity index (χ0n) is 20.7. The Morgan fingerprint density at radius 3 is 2.69 bits per heavy atom. The number of nitrogens with one attached hydrogen (secondary N) is 1. The molecule has 2 aliphatic rings. The molecule has 7 nitrogen and oxygen atoms in total. The van der Waals surface area contributed by atoms with Crippen LogP contribution in [-0.2, 0) is 16.0 Å². The van der Waals surface area contributed by atoms with Crippen LogP contribution in [0, 0.1) is 25.7 Å². The summed E-state index contributed by atoms with van der Waals surface area (Å²) in [6.07, 6.45) is 8.63. The standard InChI is InChI=1S/C28H33N3O4/c1-17-9-7-12-20-21(17)15-22(28(33)34-3)24(20)30-27(32)25-18(2)29-26-23(13-8-14-31(25)26)35-16-19-10-5-4-6-11-19/h7-9,12-14,19,22,24H,4-6,10-11,15-16H2,1-3H3,(H,30,32)/t22-,24-/m1/s1. The number of benzene rings is 1. The number of imidazole rings is 1. The fraction of sp³-hybridized carbons (Fsp3) is 0.464. The van der Waals surface area contributed by atoms with Crippen LogP contribution in [0.15, 0.2) is 36.5 Å². The minimum Gasteiger partial charge on any atom is -0.489 e. The summed E-state index contributed by atoms with van der Waals surface area (Å²) < 4.78 is 13.0. The Morgan fingerprint density at radius 1 is 1.11 bits per heavy atom. The van der Waals surface area contributed by atoms with E-state index in [4.69, 9.17) is 9.47 Å². The molecule has 2 heterocycles. The summed E-state index contributed by atoms with van der Waals surface area (Å²) in [4.78, 5) is 30.9. The lowest BCUT2D eigenvalue weighted by molar-refractivity contribution is -0.146. The number of ether oxygens (including phenoxy) is 2. The molecule has 0 aliphatic heterocycles. The zero-order chi connectivity index (χ0) is 24.5. The highest BCUT2D eigenvalue weighted by molar-refractivity contribution is 5.95. The molecular formula is C28H33N3O4. The molecule has 1 fully saturated rings. The first-order valence-corrected chi connectivity index (χ1v) is 12.6. The molecule has 35 heavy (non-hydrogen) atoms. The maximum atomic E-state index is 13.6. The van der Waals surface area contributed by atoms with Crippen molar-refractivity contribution in [3.8, 4) is 5.75 Å². The van der Waals surface area contributed by atoms with Crippen LogP contribution in [0.1, 0.15) is 71.0 Å². The summed E-state index contributed by atoms with van der Waals surface area (Å²) in [5.41, 5.74) is 4.89. The maximum absolute atomic E-state index is 13.6. The molecule has 0 radical (unpaired) electrons. The van der Waals surface area contributed by atoms with Gasteiger partial charge in [0, 0.05) is 6.20 Å². The van der Waals surface area contributed by atoms with Crippen LogP contribution in [-0.4, -0.2) is 35.0 Å². The number of methoxy groups -OCH3 is 1. The SMILES string of the molecule is COC(=O)[C@@H]1Cc2c(C)cccc2[C@H]1NC(=O)c1c(C)nc2c(OCC3CCCCC3)cccn12. The fourth-order valence-corrected chi connectivity index (χ4v) is 5.71. The van der Waals surface area contributed by atoms with Gasteiger partial charge in [-0.1, -0.05) is 37.5 Å². The number of fused-ring (bicyclic) bond motifs is 2. The van der Waals surface area contributed by atoms with Gasteiger partial charge in [-0.3, -0.25) is 14.0 Å². The second-order valence-corrected chi connectivity index (χ2v) is 9.85. The molecular weight excluding hydrogens is 442 g/mol. The van der Waals surface area contributed by atoms with Crippen molar-refractivity contribution in [2.75, 3.05) is 13.7 Å². The van der Waals surface area contributed by atoms with Crippen LogP contribution in [0.25, 0.3) is 5.65 Å². The molecule has 0 saturated heterocycles. The van der Waals surface area contributed by atoms with Crippen LogP contribution in [0.4, 0.5) is 0 Å². The van der Waals surface area contributed by atoms with Gasteiger partial charge in [-0.2, -0.15) is 0 Å². The van der Waals surface area contributed by atoms with Gasteiger partial charge in [0.1, 0.15) is 5.69 Å². The predicted molar refractivity (Wildman–Crippen MR) is 133 cm³/mol. The highest BCUT2D eigenvalue weighted by Gasteiger charge is 2.40. The van der Waals surface area contributed by atoms with E-state index < -0.39 is 12.0 Å². The summed E-state index contributed by atoms with van der Waals surface area (Å²) >= 11 is 0. The van der Waals surface area contributed by atoms with Crippen LogP contribution in [0.5, 0.6) is 5.75 Å². The lowest BCUT2D eigenvalue weighted by atomic mass is 9.90. The third-order valence-corrected chi connectivity index (χ3v) is 7.60. The second-order valence-electron chi connectivity index (χ2n) is 9.85. The molecule has 2 atom stereocenters. The number of esters is 1. The quantitative estimate of drug-likeness (QED) is 0.522. The second kappa shape index (κ2) is 9.72. The third kappa shape index (κ3) is 4.40. The molecule has 0 unspecified atom stereocenters. The average molecular weight is 476 g/mol. The van der Waals surface area contributed by atoms with E-state index in [2.05, 4.69) is 10.3 Å². The van der Waals surface area contributed by atoms with E-state index in [0.717, 1.165) is 16.7 Å². The van der Waals surface area contributed by atoms with Gasteiger partial charge >= 0.3 is 5.97 Å². The number of carbonyl (C=O) groups is 2. The normalized spacial score (nSPS) is 20.0. The molecule has 3 aromatic rings. The van der Waals surface area contributed by atoms with Crippen molar-refractivity contribution in [3.63, 3.8) is 0 Å². The molecule has 5 rings (SSSR count). The van der Waals surface area contributed by atoms with Gasteiger partial charge in [0.2, 0.25) is 0 Å². The summed E-state index contributed by atoms with van der Waals surface area (Å²) in [5, 5.41) is 3.12. The average Bonchev–Trinajstić information content (AvgIpc) is 3.41. The summed E-state index contributed by atoms with van der Waals surface area (Å²) in [5.74, 6) is 0.208. The van der Waals surface area contributed by atoms with Crippen LogP contribution < -0.4 is 10.1 Å². The maximum Gasteiger partial charge on any atom is 0.311 e. The van der Waals surface area contributed by atoms with E-state index in [1.54, 1.807) is 4.40 Å². The summed E-state index contributed by atoms with van der Waals surface area (Å²) in [6.45, 7) is 4.53. The van der Waals surface area contributed by atoms with E-state index in [1.165, 1.54) is 39.2 Å². The van der Waals surface area contributed by atoms with Gasteiger partial charge < -0.3 is 14.8 Å². The molecule has 1 amide bonds. The molecule has 2 aromatic heterocycles. The van der Waals surface area contributed by atoms with Crippen LogP contribution >= 0.6 is 0 Å². The lowest BCUT2D eigenvalue weighted by Crippen LogP contribution is -2.35. The molecule has 2 aliphatic carbocycles. The van der Waals surface area contributed by atoms with E-state index >= 15 is 0 Å². The topological polar surface area (TPSA) is 81.9 Å². The number of hydrogen-bond acceptors (Lipinski definition) is 5. The predicted octanol–water partition coefficient (Wildman–Crippen LogP) is 4.73. The highest BCUT2D eigenvalue weighted by atomic mass is 16.5. The largest absolute Gasteiger partial charge is 0.489 e. The monoisotopic (exact) mass is 475 g/mol. The van der Waals surface area contributed by atoms with Gasteiger partial charge in [-0.15, -0.1) is 0 Å². The smallest absolute Gasteiger partial charge is 0.311 e. The number of aromatic nitrogens is 2. The Kier molecular flexibility index (Phi) is 6.50. The van der Waals surface area contributed by atoms with Crippen molar-refractivity contribution in [1.82, 2.24) is 14.7 Å². The number of nitrogens with zero attached hydrogens (tertiary/aromatic N) is 2. The molecule has 0 bridgehead atoms. The number of amides is 1. The van der Waals surface area contributed by atoms with Crippen LogP contribution in [0.3, 0.4) is 0 Å². The Balaban J connectivity index is 1.42. The minimum atomic E-state index is -0.464. The van der Waals surface area contributed by atoms with Gasteiger partial charge in [-0.25, -0.2) is 4.98 Å². The molecule has 1 N–H and O–H groups in total. The number of pyridine rings is 1. The lowest BCUT2D eigenvalue weighted by Gasteiger charge is -2.21. The van der Waals surface area contributed by atoms with Crippen molar-refractivity contribution in [1.29, 1.82) is 0 Å². The summed E-state index contributed by atoms with van der Waals surface area (Å²) in [7, 11) is 1.39. The highest BCUT2D eigenvalue weighted by Crippen LogP contribution is 2.39.